The van der Waals surface area contributed by atoms with Crippen LogP contribution < -0.4 is 10.2 Å². The summed E-state index contributed by atoms with van der Waals surface area (Å²) in [5, 5.41) is 4.13. The number of rotatable bonds is 11. The second kappa shape index (κ2) is 12.3. The van der Waals surface area contributed by atoms with Crippen LogP contribution in [0.2, 0.25) is 0 Å². The maximum atomic E-state index is 13.1. The summed E-state index contributed by atoms with van der Waals surface area (Å²) in [5.41, 5.74) is 0.998. The van der Waals surface area contributed by atoms with Gasteiger partial charge in [0.15, 0.2) is 0 Å². The van der Waals surface area contributed by atoms with Crippen molar-refractivity contribution >= 4 is 22.6 Å². The van der Waals surface area contributed by atoms with Gasteiger partial charge in [0.1, 0.15) is 11.6 Å². The Labute approximate surface area is 195 Å². The number of benzene rings is 1. The summed E-state index contributed by atoms with van der Waals surface area (Å²) in [6.45, 7) is 11.4. The summed E-state index contributed by atoms with van der Waals surface area (Å²) in [5.74, 6) is 0.786. The first-order valence-corrected chi connectivity index (χ1v) is 12.6. The molecule has 0 bridgehead atoms. The Morgan fingerprint density at radius 2 is 1.94 bits per heavy atom. The lowest BCUT2D eigenvalue weighted by molar-refractivity contribution is -0.126. The topological polar surface area (TPSA) is 61.4 Å². The summed E-state index contributed by atoms with van der Waals surface area (Å²) in [4.78, 5) is 22.0. The molecule has 176 valence electrons. The number of hydrogen-bond acceptors (Lipinski definition) is 6. The number of carbonyl (C=O) groups excluding carboxylic acids is 1. The molecule has 1 aromatic heterocycles. The summed E-state index contributed by atoms with van der Waals surface area (Å²) in [6.07, 6.45) is 4.40. The van der Waals surface area contributed by atoms with E-state index in [4.69, 9.17) is 0 Å². The van der Waals surface area contributed by atoms with Crippen molar-refractivity contribution in [2.45, 2.75) is 58.9 Å². The van der Waals surface area contributed by atoms with Gasteiger partial charge in [-0.15, -0.1) is 0 Å². The molecule has 0 spiro atoms. The Bertz CT molecular complexity index is 831. The highest BCUT2D eigenvalue weighted by molar-refractivity contribution is 7.09. The van der Waals surface area contributed by atoms with Crippen molar-refractivity contribution in [1.29, 1.82) is 0 Å². The monoisotopic (exact) mass is 461 g/mol. The van der Waals surface area contributed by atoms with Crippen molar-refractivity contribution in [3.05, 3.63) is 41.5 Å². The molecule has 0 aliphatic carbocycles. The number of nitrogens with one attached hydrogen (secondary N) is 1. The smallest absolute Gasteiger partial charge is 0.223 e. The molecule has 1 aliphatic heterocycles. The predicted octanol–water partition coefficient (Wildman–Crippen LogP) is 4.11. The lowest BCUT2D eigenvalue weighted by Crippen LogP contribution is -2.43. The van der Waals surface area contributed by atoms with Crippen molar-refractivity contribution in [2.24, 2.45) is 5.92 Å². The van der Waals surface area contributed by atoms with Crippen LogP contribution >= 0.6 is 11.5 Å². The normalized spacial score (nSPS) is 15.8. The van der Waals surface area contributed by atoms with E-state index in [1.54, 1.807) is 12.1 Å². The standard InChI is InChI=1S/C24H36FN5OS/c1-4-29(5-2)14-6-7-18(3)26-23(31)20-12-15-30(16-13-20)24-27-22(28-32-24)17-19-8-10-21(25)11-9-19/h8-11,18,20H,4-7,12-17H2,1-3H3,(H,26,31). The fourth-order valence-corrected chi connectivity index (χ4v) is 4.89. The van der Waals surface area contributed by atoms with Gasteiger partial charge in [-0.2, -0.15) is 4.37 Å². The molecule has 1 aliphatic rings. The summed E-state index contributed by atoms with van der Waals surface area (Å²) >= 11 is 1.40. The summed E-state index contributed by atoms with van der Waals surface area (Å²) in [6, 6.07) is 6.68. The van der Waals surface area contributed by atoms with E-state index in [-0.39, 0.29) is 23.7 Å². The average molecular weight is 462 g/mol. The Morgan fingerprint density at radius 1 is 1.25 bits per heavy atom. The van der Waals surface area contributed by atoms with Gasteiger partial charge in [-0.1, -0.05) is 26.0 Å². The summed E-state index contributed by atoms with van der Waals surface area (Å²) in [7, 11) is 0. The van der Waals surface area contributed by atoms with Gasteiger partial charge in [-0.05, 0) is 69.9 Å². The second-order valence-electron chi connectivity index (χ2n) is 8.64. The molecule has 2 heterocycles. The highest BCUT2D eigenvalue weighted by atomic mass is 32.1. The first-order valence-electron chi connectivity index (χ1n) is 11.8. The van der Waals surface area contributed by atoms with Gasteiger partial charge in [0.2, 0.25) is 11.0 Å². The Hall–Kier alpha value is -2.06. The van der Waals surface area contributed by atoms with Crippen molar-refractivity contribution in [3.8, 4) is 0 Å². The molecule has 1 atom stereocenters. The minimum Gasteiger partial charge on any atom is -0.353 e. The SMILES string of the molecule is CCN(CC)CCCC(C)NC(=O)C1CCN(c2nc(Cc3ccc(F)cc3)ns2)CC1. The van der Waals surface area contributed by atoms with Crippen LogP contribution in [-0.2, 0) is 11.2 Å². The van der Waals surface area contributed by atoms with Crippen LogP contribution in [0.15, 0.2) is 24.3 Å². The molecular formula is C24H36FN5OS. The molecule has 1 amide bonds. The van der Waals surface area contributed by atoms with E-state index in [0.717, 1.165) is 74.9 Å². The predicted molar refractivity (Wildman–Crippen MR) is 129 cm³/mol. The van der Waals surface area contributed by atoms with Gasteiger partial charge in [0, 0.05) is 43.0 Å². The Kier molecular flexibility index (Phi) is 9.41. The molecule has 1 fully saturated rings. The second-order valence-corrected chi connectivity index (χ2v) is 9.37. The van der Waals surface area contributed by atoms with E-state index in [1.165, 1.54) is 23.7 Å². The van der Waals surface area contributed by atoms with Crippen LogP contribution in [0.3, 0.4) is 0 Å². The van der Waals surface area contributed by atoms with Crippen molar-refractivity contribution in [2.75, 3.05) is 37.6 Å². The lowest BCUT2D eigenvalue weighted by Gasteiger charge is -2.31. The van der Waals surface area contributed by atoms with Gasteiger partial charge in [0.05, 0.1) is 0 Å². The number of halogens is 1. The van der Waals surface area contributed by atoms with Crippen molar-refractivity contribution in [1.82, 2.24) is 19.6 Å². The zero-order valence-electron chi connectivity index (χ0n) is 19.5. The van der Waals surface area contributed by atoms with Gasteiger partial charge in [0.25, 0.3) is 0 Å². The molecule has 0 saturated carbocycles. The zero-order chi connectivity index (χ0) is 22.9. The van der Waals surface area contributed by atoms with E-state index in [0.29, 0.717) is 6.42 Å². The van der Waals surface area contributed by atoms with E-state index in [9.17, 15) is 9.18 Å². The van der Waals surface area contributed by atoms with E-state index in [2.05, 4.69) is 45.2 Å². The van der Waals surface area contributed by atoms with E-state index >= 15 is 0 Å². The third kappa shape index (κ3) is 7.24. The fraction of sp³-hybridized carbons (Fsp3) is 0.625. The molecule has 1 unspecified atom stereocenters. The van der Waals surface area contributed by atoms with Crippen LogP contribution in [0.1, 0.15) is 57.8 Å². The van der Waals surface area contributed by atoms with Crippen molar-refractivity contribution < 1.29 is 9.18 Å². The number of amides is 1. The van der Waals surface area contributed by atoms with Gasteiger partial charge in [-0.3, -0.25) is 4.79 Å². The first kappa shape index (κ1) is 24.6. The van der Waals surface area contributed by atoms with Crippen molar-refractivity contribution in [3.63, 3.8) is 0 Å². The molecule has 2 aromatic rings. The molecule has 1 saturated heterocycles. The molecule has 1 aromatic carbocycles. The van der Waals surface area contributed by atoms with E-state index in [1.807, 2.05) is 0 Å². The van der Waals surface area contributed by atoms with Crippen LogP contribution in [0.25, 0.3) is 0 Å². The van der Waals surface area contributed by atoms with E-state index < -0.39 is 0 Å². The molecule has 3 rings (SSSR count). The maximum absolute atomic E-state index is 13.1. The quantitative estimate of drug-likeness (QED) is 0.546. The summed E-state index contributed by atoms with van der Waals surface area (Å²) < 4.78 is 17.5. The molecule has 1 N–H and O–H groups in total. The number of hydrogen-bond donors (Lipinski definition) is 1. The zero-order valence-corrected chi connectivity index (χ0v) is 20.3. The van der Waals surface area contributed by atoms with Gasteiger partial charge < -0.3 is 15.1 Å². The highest BCUT2D eigenvalue weighted by Gasteiger charge is 2.27. The highest BCUT2D eigenvalue weighted by Crippen LogP contribution is 2.25. The minimum absolute atomic E-state index is 0.0723. The number of aromatic nitrogens is 2. The van der Waals surface area contributed by atoms with Gasteiger partial charge in [-0.25, -0.2) is 9.37 Å². The maximum Gasteiger partial charge on any atom is 0.223 e. The molecule has 0 radical (unpaired) electrons. The third-order valence-corrected chi connectivity index (χ3v) is 7.08. The average Bonchev–Trinajstić information content (AvgIpc) is 3.27. The molecule has 32 heavy (non-hydrogen) atoms. The largest absolute Gasteiger partial charge is 0.353 e. The molecule has 8 heteroatoms. The number of nitrogens with zero attached hydrogens (tertiary/aromatic N) is 4. The first-order chi connectivity index (χ1) is 15.5. The molecule has 6 nitrogen and oxygen atoms in total. The number of piperidine rings is 1. The van der Waals surface area contributed by atoms with Crippen LogP contribution in [0, 0.1) is 11.7 Å². The van der Waals surface area contributed by atoms with Crippen LogP contribution in [0.5, 0.6) is 0 Å². The Morgan fingerprint density at radius 3 is 2.59 bits per heavy atom. The Balaban J connectivity index is 1.40. The lowest BCUT2D eigenvalue weighted by atomic mass is 9.95. The minimum atomic E-state index is -0.235. The van der Waals surface area contributed by atoms with Gasteiger partial charge >= 0.3 is 0 Å². The molecular weight excluding hydrogens is 425 g/mol. The van der Waals surface area contributed by atoms with Crippen LogP contribution in [0.4, 0.5) is 9.52 Å². The third-order valence-electron chi connectivity index (χ3n) is 6.26. The number of carbonyl (C=O) groups is 1. The number of anilines is 1. The fourth-order valence-electron chi connectivity index (χ4n) is 4.16. The van der Waals surface area contributed by atoms with Crippen LogP contribution in [-0.4, -0.2) is 58.9 Å².